The Bertz CT molecular complexity index is 484. The van der Waals surface area contributed by atoms with Crippen molar-refractivity contribution in [3.63, 3.8) is 0 Å². The van der Waals surface area contributed by atoms with Gasteiger partial charge in [0, 0.05) is 37.7 Å². The SMILES string of the molecule is CC(NCCC(=O)N1CCCCC1)c1cc(O)ccc1O. The van der Waals surface area contributed by atoms with Crippen LogP contribution in [0.4, 0.5) is 0 Å². The number of nitrogens with one attached hydrogen (secondary N) is 1. The predicted molar refractivity (Wildman–Crippen MR) is 81.2 cm³/mol. The molecule has 1 aliphatic heterocycles. The fourth-order valence-corrected chi connectivity index (χ4v) is 2.70. The number of likely N-dealkylation sites (tertiary alicyclic amines) is 1. The van der Waals surface area contributed by atoms with Gasteiger partial charge in [-0.25, -0.2) is 0 Å². The summed E-state index contributed by atoms with van der Waals surface area (Å²) in [5, 5.41) is 22.5. The summed E-state index contributed by atoms with van der Waals surface area (Å²) in [7, 11) is 0. The highest BCUT2D eigenvalue weighted by atomic mass is 16.3. The van der Waals surface area contributed by atoms with E-state index in [0.29, 0.717) is 18.5 Å². The van der Waals surface area contributed by atoms with Gasteiger partial charge >= 0.3 is 0 Å². The molecule has 1 amide bonds. The molecule has 2 rings (SSSR count). The maximum absolute atomic E-state index is 12.0. The van der Waals surface area contributed by atoms with Crippen LogP contribution in [-0.4, -0.2) is 40.7 Å². The standard InChI is InChI=1S/C16H24N2O3/c1-12(14-11-13(19)5-6-15(14)20)17-8-7-16(21)18-9-3-2-4-10-18/h5-6,11-12,17,19-20H,2-4,7-10H2,1H3. The highest BCUT2D eigenvalue weighted by molar-refractivity contribution is 5.76. The quantitative estimate of drug-likeness (QED) is 0.727. The van der Waals surface area contributed by atoms with Gasteiger partial charge in [0.15, 0.2) is 0 Å². The number of hydrogen-bond donors (Lipinski definition) is 3. The number of rotatable bonds is 5. The maximum Gasteiger partial charge on any atom is 0.223 e. The van der Waals surface area contributed by atoms with Gasteiger partial charge in [0.25, 0.3) is 0 Å². The molecule has 0 spiro atoms. The third kappa shape index (κ3) is 4.36. The second-order valence-electron chi connectivity index (χ2n) is 5.61. The van der Waals surface area contributed by atoms with Crippen molar-refractivity contribution in [3.8, 4) is 11.5 Å². The van der Waals surface area contributed by atoms with Crippen LogP contribution in [0.5, 0.6) is 11.5 Å². The molecule has 3 N–H and O–H groups in total. The maximum atomic E-state index is 12.0. The number of hydrogen-bond acceptors (Lipinski definition) is 4. The molecule has 1 aliphatic rings. The van der Waals surface area contributed by atoms with E-state index in [1.165, 1.54) is 18.6 Å². The molecule has 1 heterocycles. The van der Waals surface area contributed by atoms with Crippen molar-refractivity contribution in [3.05, 3.63) is 23.8 Å². The molecule has 5 nitrogen and oxygen atoms in total. The third-order valence-electron chi connectivity index (χ3n) is 3.98. The lowest BCUT2D eigenvalue weighted by molar-refractivity contribution is -0.132. The Balaban J connectivity index is 1.79. The fraction of sp³-hybridized carbons (Fsp3) is 0.562. The molecule has 0 aromatic heterocycles. The average molecular weight is 292 g/mol. The first-order chi connectivity index (χ1) is 10.1. The summed E-state index contributed by atoms with van der Waals surface area (Å²) in [4.78, 5) is 14.0. The van der Waals surface area contributed by atoms with Crippen LogP contribution < -0.4 is 5.32 Å². The summed E-state index contributed by atoms with van der Waals surface area (Å²) >= 11 is 0. The summed E-state index contributed by atoms with van der Waals surface area (Å²) in [6.07, 6.45) is 3.89. The van der Waals surface area contributed by atoms with Crippen molar-refractivity contribution in [2.45, 2.75) is 38.6 Å². The third-order valence-corrected chi connectivity index (χ3v) is 3.98. The monoisotopic (exact) mass is 292 g/mol. The van der Waals surface area contributed by atoms with Crippen LogP contribution in [0.25, 0.3) is 0 Å². The summed E-state index contributed by atoms with van der Waals surface area (Å²) in [5.41, 5.74) is 0.639. The molecule has 0 bridgehead atoms. The lowest BCUT2D eigenvalue weighted by Crippen LogP contribution is -2.37. The normalized spacial score (nSPS) is 16.7. The second-order valence-corrected chi connectivity index (χ2v) is 5.61. The molecule has 5 heteroatoms. The molecule has 1 atom stereocenters. The smallest absolute Gasteiger partial charge is 0.223 e. The molecule has 0 radical (unpaired) electrons. The van der Waals surface area contributed by atoms with Crippen LogP contribution in [0.15, 0.2) is 18.2 Å². The van der Waals surface area contributed by atoms with Gasteiger partial charge < -0.3 is 20.4 Å². The number of carbonyl (C=O) groups excluding carboxylic acids is 1. The van der Waals surface area contributed by atoms with Gasteiger partial charge in [-0.3, -0.25) is 4.79 Å². The molecule has 0 saturated carbocycles. The molecule has 0 aliphatic carbocycles. The summed E-state index contributed by atoms with van der Waals surface area (Å²) in [6.45, 7) is 4.22. The Labute approximate surface area is 125 Å². The largest absolute Gasteiger partial charge is 0.508 e. The van der Waals surface area contributed by atoms with Gasteiger partial charge in [-0.2, -0.15) is 0 Å². The molecule has 1 aromatic rings. The Morgan fingerprint density at radius 2 is 2.00 bits per heavy atom. The van der Waals surface area contributed by atoms with Crippen molar-refractivity contribution in [1.82, 2.24) is 10.2 Å². The highest BCUT2D eigenvalue weighted by Gasteiger charge is 2.17. The van der Waals surface area contributed by atoms with Gasteiger partial charge in [0.2, 0.25) is 5.91 Å². The minimum atomic E-state index is -0.119. The van der Waals surface area contributed by atoms with Crippen LogP contribution in [0.2, 0.25) is 0 Å². The van der Waals surface area contributed by atoms with E-state index in [-0.39, 0.29) is 23.4 Å². The number of benzene rings is 1. The summed E-state index contributed by atoms with van der Waals surface area (Å²) in [6, 6.07) is 4.35. The molecule has 1 unspecified atom stereocenters. The van der Waals surface area contributed by atoms with E-state index in [4.69, 9.17) is 0 Å². The Morgan fingerprint density at radius 3 is 2.71 bits per heavy atom. The zero-order chi connectivity index (χ0) is 15.2. The van der Waals surface area contributed by atoms with Crippen LogP contribution in [-0.2, 0) is 4.79 Å². The van der Waals surface area contributed by atoms with Crippen LogP contribution >= 0.6 is 0 Å². The number of carbonyl (C=O) groups is 1. The van der Waals surface area contributed by atoms with Gasteiger partial charge in [-0.15, -0.1) is 0 Å². The Kier molecular flexibility index (Phi) is 5.44. The van der Waals surface area contributed by atoms with Gasteiger partial charge in [-0.1, -0.05) is 0 Å². The van der Waals surface area contributed by atoms with Crippen molar-refractivity contribution < 1.29 is 15.0 Å². The van der Waals surface area contributed by atoms with E-state index in [2.05, 4.69) is 5.32 Å². The molecule has 21 heavy (non-hydrogen) atoms. The van der Waals surface area contributed by atoms with E-state index in [9.17, 15) is 15.0 Å². The molecular weight excluding hydrogens is 268 g/mol. The second kappa shape index (κ2) is 7.31. The summed E-state index contributed by atoms with van der Waals surface area (Å²) in [5.74, 6) is 0.463. The number of phenolic OH excluding ortho intramolecular Hbond substituents is 2. The first-order valence-electron chi connectivity index (χ1n) is 7.61. The fourth-order valence-electron chi connectivity index (χ4n) is 2.70. The van der Waals surface area contributed by atoms with Crippen molar-refractivity contribution in [1.29, 1.82) is 0 Å². The molecule has 116 valence electrons. The van der Waals surface area contributed by atoms with Gasteiger partial charge in [0.05, 0.1) is 0 Å². The zero-order valence-corrected chi connectivity index (χ0v) is 12.5. The Morgan fingerprint density at radius 1 is 1.29 bits per heavy atom. The average Bonchev–Trinajstić information content (AvgIpc) is 2.50. The van der Waals surface area contributed by atoms with Gasteiger partial charge in [0.1, 0.15) is 11.5 Å². The number of amides is 1. The van der Waals surface area contributed by atoms with Crippen molar-refractivity contribution >= 4 is 5.91 Å². The lowest BCUT2D eigenvalue weighted by Gasteiger charge is -2.27. The van der Waals surface area contributed by atoms with E-state index >= 15 is 0 Å². The predicted octanol–water partition coefficient (Wildman–Crippen LogP) is 2.15. The molecular formula is C16H24N2O3. The lowest BCUT2D eigenvalue weighted by atomic mass is 10.1. The molecule has 1 fully saturated rings. The minimum Gasteiger partial charge on any atom is -0.508 e. The number of phenols is 2. The zero-order valence-electron chi connectivity index (χ0n) is 12.5. The van der Waals surface area contributed by atoms with Gasteiger partial charge in [-0.05, 0) is 44.4 Å². The van der Waals surface area contributed by atoms with Crippen LogP contribution in [0.1, 0.15) is 44.2 Å². The molecule has 1 saturated heterocycles. The molecule has 1 aromatic carbocycles. The Hall–Kier alpha value is -1.75. The minimum absolute atomic E-state index is 0.119. The van der Waals surface area contributed by atoms with E-state index in [0.717, 1.165) is 25.9 Å². The van der Waals surface area contributed by atoms with Crippen molar-refractivity contribution in [2.24, 2.45) is 0 Å². The first kappa shape index (κ1) is 15.6. The van der Waals surface area contributed by atoms with Crippen LogP contribution in [0, 0.1) is 0 Å². The first-order valence-corrected chi connectivity index (χ1v) is 7.61. The summed E-state index contributed by atoms with van der Waals surface area (Å²) < 4.78 is 0. The van der Waals surface area contributed by atoms with E-state index < -0.39 is 0 Å². The van der Waals surface area contributed by atoms with Crippen molar-refractivity contribution in [2.75, 3.05) is 19.6 Å². The number of aromatic hydroxyl groups is 2. The number of piperidine rings is 1. The van der Waals surface area contributed by atoms with Crippen LogP contribution in [0.3, 0.4) is 0 Å². The number of nitrogens with zero attached hydrogens (tertiary/aromatic N) is 1. The highest BCUT2D eigenvalue weighted by Crippen LogP contribution is 2.27. The topological polar surface area (TPSA) is 72.8 Å². The van der Waals surface area contributed by atoms with E-state index in [1.54, 1.807) is 6.07 Å². The van der Waals surface area contributed by atoms with E-state index in [1.807, 2.05) is 11.8 Å².